The fraction of sp³-hybridized carbons (Fsp3) is 0.200. The van der Waals surface area contributed by atoms with Crippen molar-refractivity contribution in [2.24, 2.45) is 0 Å². The molecule has 0 saturated carbocycles. The summed E-state index contributed by atoms with van der Waals surface area (Å²) in [6.45, 7) is 2.03. The summed E-state index contributed by atoms with van der Waals surface area (Å²) < 4.78 is 29.6. The van der Waals surface area contributed by atoms with Gasteiger partial charge in [-0.15, -0.1) is 0 Å². The molecule has 23 heavy (non-hydrogen) atoms. The number of ether oxygens (including phenoxy) is 1. The minimum atomic E-state index is -3.37. The van der Waals surface area contributed by atoms with Crippen LogP contribution in [0.4, 0.5) is 17.2 Å². The van der Waals surface area contributed by atoms with E-state index in [9.17, 15) is 13.2 Å². The first kappa shape index (κ1) is 16.8. The minimum Gasteiger partial charge on any atom is -0.462 e. The molecule has 8 heteroatoms. The maximum atomic E-state index is 11.9. The second-order valence-corrected chi connectivity index (χ2v) is 6.45. The van der Waals surface area contributed by atoms with E-state index in [4.69, 9.17) is 4.74 Å². The zero-order valence-electron chi connectivity index (χ0n) is 12.7. The van der Waals surface area contributed by atoms with Crippen molar-refractivity contribution in [2.45, 2.75) is 6.92 Å². The molecule has 2 rings (SSSR count). The molecule has 2 N–H and O–H groups in total. The monoisotopic (exact) mass is 335 g/mol. The van der Waals surface area contributed by atoms with Gasteiger partial charge in [-0.1, -0.05) is 12.1 Å². The van der Waals surface area contributed by atoms with Gasteiger partial charge in [-0.3, -0.25) is 4.72 Å². The quantitative estimate of drug-likeness (QED) is 0.787. The number of hydrogen-bond acceptors (Lipinski definition) is 6. The predicted molar refractivity (Wildman–Crippen MR) is 88.4 cm³/mol. The predicted octanol–water partition coefficient (Wildman–Crippen LogP) is 2.37. The number of pyridine rings is 1. The molecule has 0 fully saturated rings. The van der Waals surface area contributed by atoms with Crippen LogP contribution in [0.3, 0.4) is 0 Å². The molecule has 2 aromatic rings. The second-order valence-electron chi connectivity index (χ2n) is 4.70. The van der Waals surface area contributed by atoms with Gasteiger partial charge in [0.05, 0.1) is 36.0 Å². The molecule has 0 bridgehead atoms. The van der Waals surface area contributed by atoms with Crippen LogP contribution in [-0.2, 0) is 14.8 Å². The lowest BCUT2D eigenvalue weighted by atomic mass is 10.1. The van der Waals surface area contributed by atoms with Crippen molar-refractivity contribution in [3.8, 4) is 0 Å². The van der Waals surface area contributed by atoms with Gasteiger partial charge in [-0.25, -0.2) is 18.2 Å². The fourth-order valence-corrected chi connectivity index (χ4v) is 2.35. The third-order valence-electron chi connectivity index (χ3n) is 2.75. The lowest BCUT2D eigenvalue weighted by molar-refractivity contribution is 0.0527. The summed E-state index contributed by atoms with van der Waals surface area (Å²) in [4.78, 5) is 15.9. The van der Waals surface area contributed by atoms with Crippen LogP contribution in [0, 0.1) is 0 Å². The summed E-state index contributed by atoms with van der Waals surface area (Å²) in [7, 11) is -3.37. The maximum absolute atomic E-state index is 11.9. The van der Waals surface area contributed by atoms with E-state index in [1.165, 1.54) is 12.3 Å². The highest BCUT2D eigenvalue weighted by Crippen LogP contribution is 2.22. The first-order valence-electron chi connectivity index (χ1n) is 6.86. The highest BCUT2D eigenvalue weighted by molar-refractivity contribution is 7.92. The Morgan fingerprint density at radius 2 is 1.96 bits per heavy atom. The van der Waals surface area contributed by atoms with Gasteiger partial charge in [0, 0.05) is 0 Å². The minimum absolute atomic E-state index is 0.219. The molecule has 1 aromatic carbocycles. The molecule has 1 heterocycles. The molecule has 7 nitrogen and oxygen atoms in total. The van der Waals surface area contributed by atoms with E-state index in [-0.39, 0.29) is 5.82 Å². The van der Waals surface area contributed by atoms with Crippen molar-refractivity contribution in [2.75, 3.05) is 22.9 Å². The number of sulfonamides is 1. The van der Waals surface area contributed by atoms with E-state index in [1.54, 1.807) is 37.3 Å². The Bertz CT molecular complexity index is 789. The molecule has 0 aliphatic heterocycles. The largest absolute Gasteiger partial charge is 0.462 e. The summed E-state index contributed by atoms with van der Waals surface area (Å²) in [6, 6.07) is 10.1. The molecule has 0 saturated heterocycles. The number of carbonyl (C=O) groups is 1. The molecule has 0 aliphatic carbocycles. The summed E-state index contributed by atoms with van der Waals surface area (Å²) >= 11 is 0. The van der Waals surface area contributed by atoms with E-state index in [0.717, 1.165) is 6.26 Å². The van der Waals surface area contributed by atoms with E-state index in [0.29, 0.717) is 23.5 Å². The molecule has 0 spiro atoms. The third-order valence-corrected chi connectivity index (χ3v) is 3.33. The van der Waals surface area contributed by atoms with Crippen molar-refractivity contribution in [3.63, 3.8) is 0 Å². The van der Waals surface area contributed by atoms with Gasteiger partial charge < -0.3 is 10.1 Å². The Morgan fingerprint density at radius 3 is 2.57 bits per heavy atom. The second kappa shape index (κ2) is 7.10. The molecule has 0 atom stereocenters. The molecule has 0 unspecified atom stereocenters. The SMILES string of the molecule is CCOC(=O)c1ccccc1Nc1ccc(NS(C)(=O)=O)nc1. The Balaban J connectivity index is 2.18. The van der Waals surface area contributed by atoms with Crippen LogP contribution in [0.15, 0.2) is 42.6 Å². The van der Waals surface area contributed by atoms with Gasteiger partial charge in [0.1, 0.15) is 5.82 Å². The molecular weight excluding hydrogens is 318 g/mol. The van der Waals surface area contributed by atoms with E-state index in [1.807, 2.05) is 0 Å². The van der Waals surface area contributed by atoms with Gasteiger partial charge in [0.25, 0.3) is 0 Å². The first-order valence-corrected chi connectivity index (χ1v) is 8.75. The zero-order valence-corrected chi connectivity index (χ0v) is 13.6. The molecule has 0 radical (unpaired) electrons. The molecule has 122 valence electrons. The summed E-state index contributed by atoms with van der Waals surface area (Å²) in [6.07, 6.45) is 2.52. The topological polar surface area (TPSA) is 97.4 Å². The third kappa shape index (κ3) is 4.96. The number of rotatable bonds is 6. The van der Waals surface area contributed by atoms with Crippen LogP contribution in [0.2, 0.25) is 0 Å². The van der Waals surface area contributed by atoms with Gasteiger partial charge in [-0.2, -0.15) is 0 Å². The average molecular weight is 335 g/mol. The standard InChI is InChI=1S/C15H17N3O4S/c1-3-22-15(19)12-6-4-5-7-13(12)17-11-8-9-14(16-10-11)18-23(2,20)21/h4-10,17H,3H2,1-2H3,(H,16,18). The molecule has 0 amide bonds. The number of carbonyl (C=O) groups excluding carboxylic acids is 1. The van der Waals surface area contributed by atoms with Crippen LogP contribution in [0.5, 0.6) is 0 Å². The van der Waals surface area contributed by atoms with Crippen LogP contribution >= 0.6 is 0 Å². The normalized spacial score (nSPS) is 10.9. The van der Waals surface area contributed by atoms with Crippen LogP contribution in [0.1, 0.15) is 17.3 Å². The first-order chi connectivity index (χ1) is 10.9. The molecule has 0 aliphatic rings. The number of para-hydroxylation sites is 1. The lowest BCUT2D eigenvalue weighted by Gasteiger charge is -2.11. The van der Waals surface area contributed by atoms with Crippen molar-refractivity contribution < 1.29 is 17.9 Å². The number of nitrogens with one attached hydrogen (secondary N) is 2. The average Bonchev–Trinajstić information content (AvgIpc) is 2.48. The summed E-state index contributed by atoms with van der Waals surface area (Å²) in [5.41, 5.74) is 1.60. The highest BCUT2D eigenvalue weighted by atomic mass is 32.2. The van der Waals surface area contributed by atoms with Gasteiger partial charge in [-0.05, 0) is 31.2 Å². The van der Waals surface area contributed by atoms with Gasteiger partial charge in [0.15, 0.2) is 0 Å². The van der Waals surface area contributed by atoms with Crippen LogP contribution in [0.25, 0.3) is 0 Å². The number of benzene rings is 1. The Labute approximate surface area is 134 Å². The number of hydrogen-bond donors (Lipinski definition) is 2. The van der Waals surface area contributed by atoms with Crippen LogP contribution in [-0.4, -0.2) is 32.2 Å². The molecular formula is C15H17N3O4S. The maximum Gasteiger partial charge on any atom is 0.340 e. The Morgan fingerprint density at radius 1 is 1.22 bits per heavy atom. The Kier molecular flexibility index (Phi) is 5.17. The summed E-state index contributed by atoms with van der Waals surface area (Å²) in [5.74, 6) is -0.198. The van der Waals surface area contributed by atoms with Crippen molar-refractivity contribution in [1.82, 2.24) is 4.98 Å². The van der Waals surface area contributed by atoms with Crippen LogP contribution < -0.4 is 10.0 Å². The Hall–Kier alpha value is -2.61. The summed E-state index contributed by atoms with van der Waals surface area (Å²) in [5, 5.41) is 3.06. The van der Waals surface area contributed by atoms with Crippen molar-refractivity contribution in [1.29, 1.82) is 0 Å². The van der Waals surface area contributed by atoms with Gasteiger partial charge in [0.2, 0.25) is 10.0 Å². The number of nitrogens with zero attached hydrogens (tertiary/aromatic N) is 1. The fourth-order valence-electron chi connectivity index (χ4n) is 1.85. The highest BCUT2D eigenvalue weighted by Gasteiger charge is 2.12. The number of aromatic nitrogens is 1. The number of anilines is 3. The van der Waals surface area contributed by atoms with Crippen molar-refractivity contribution in [3.05, 3.63) is 48.2 Å². The van der Waals surface area contributed by atoms with E-state index < -0.39 is 16.0 Å². The number of esters is 1. The van der Waals surface area contributed by atoms with Gasteiger partial charge >= 0.3 is 5.97 Å². The smallest absolute Gasteiger partial charge is 0.340 e. The lowest BCUT2D eigenvalue weighted by Crippen LogP contribution is -2.11. The van der Waals surface area contributed by atoms with E-state index >= 15 is 0 Å². The van der Waals surface area contributed by atoms with E-state index in [2.05, 4.69) is 15.0 Å². The zero-order chi connectivity index (χ0) is 16.9. The van der Waals surface area contributed by atoms with Crippen molar-refractivity contribution >= 4 is 33.2 Å². The molecule has 1 aromatic heterocycles.